The summed E-state index contributed by atoms with van der Waals surface area (Å²) in [6.07, 6.45) is 1.41. The molecular weight excluding hydrogens is 473 g/mol. The van der Waals surface area contributed by atoms with E-state index in [1.807, 2.05) is 0 Å². The van der Waals surface area contributed by atoms with Gasteiger partial charge in [0.25, 0.3) is 15.9 Å². The van der Waals surface area contributed by atoms with Gasteiger partial charge in [-0.1, -0.05) is 53.5 Å². The van der Waals surface area contributed by atoms with Crippen LogP contribution < -0.4 is 14.5 Å². The fraction of sp³-hybridized carbons (Fsp3) is 0.0909. The van der Waals surface area contributed by atoms with Crippen molar-refractivity contribution in [2.75, 3.05) is 18.0 Å². The number of benzene rings is 3. The zero-order valence-corrected chi connectivity index (χ0v) is 19.2. The third kappa shape index (κ3) is 5.79. The van der Waals surface area contributed by atoms with Gasteiger partial charge in [0.1, 0.15) is 12.3 Å². The van der Waals surface area contributed by atoms with Crippen LogP contribution in [0.2, 0.25) is 10.0 Å². The Kier molecular flexibility index (Phi) is 7.74. The molecule has 1 amide bonds. The maximum atomic E-state index is 13.3. The normalized spacial score (nSPS) is 11.3. The van der Waals surface area contributed by atoms with E-state index < -0.39 is 22.5 Å². The van der Waals surface area contributed by atoms with E-state index in [1.165, 1.54) is 43.7 Å². The SMILES string of the molecule is COc1ccccc1/C=N\NC(=O)CN(c1cc(Cl)cc(Cl)c1)S(=O)(=O)c1ccccc1. The van der Waals surface area contributed by atoms with Gasteiger partial charge >= 0.3 is 0 Å². The summed E-state index contributed by atoms with van der Waals surface area (Å²) >= 11 is 12.1. The molecule has 166 valence electrons. The number of methoxy groups -OCH3 is 1. The molecule has 3 aromatic carbocycles. The molecule has 1 N–H and O–H groups in total. The quantitative estimate of drug-likeness (QED) is 0.374. The number of halogens is 2. The first-order valence-electron chi connectivity index (χ1n) is 9.30. The number of hydrazone groups is 1. The Labute approximate surface area is 196 Å². The third-order valence-electron chi connectivity index (χ3n) is 4.29. The first-order valence-corrected chi connectivity index (χ1v) is 11.5. The Morgan fingerprint density at radius 1 is 1.03 bits per heavy atom. The van der Waals surface area contributed by atoms with Gasteiger partial charge in [-0.2, -0.15) is 5.10 Å². The molecule has 0 spiro atoms. The van der Waals surface area contributed by atoms with Gasteiger partial charge in [-0.25, -0.2) is 13.8 Å². The van der Waals surface area contributed by atoms with Crippen LogP contribution >= 0.6 is 23.2 Å². The summed E-state index contributed by atoms with van der Waals surface area (Å²) < 4.78 is 32.7. The molecular formula is C22H19Cl2N3O4S. The van der Waals surface area contributed by atoms with E-state index in [1.54, 1.807) is 42.5 Å². The molecule has 32 heavy (non-hydrogen) atoms. The molecule has 0 aliphatic heterocycles. The largest absolute Gasteiger partial charge is 0.496 e. The molecule has 0 unspecified atom stereocenters. The van der Waals surface area contributed by atoms with Crippen LogP contribution in [-0.4, -0.2) is 34.2 Å². The number of rotatable bonds is 8. The molecule has 0 aromatic heterocycles. The van der Waals surface area contributed by atoms with Crippen LogP contribution in [0.25, 0.3) is 0 Å². The number of ether oxygens (including phenoxy) is 1. The predicted octanol–water partition coefficient (Wildman–Crippen LogP) is 4.35. The van der Waals surface area contributed by atoms with E-state index in [0.29, 0.717) is 11.3 Å². The minimum atomic E-state index is -4.09. The average Bonchev–Trinajstić information content (AvgIpc) is 2.77. The zero-order valence-electron chi connectivity index (χ0n) is 16.9. The monoisotopic (exact) mass is 491 g/mol. The van der Waals surface area contributed by atoms with Crippen molar-refractivity contribution in [3.8, 4) is 5.75 Å². The van der Waals surface area contributed by atoms with Crippen LogP contribution in [0.1, 0.15) is 5.56 Å². The lowest BCUT2D eigenvalue weighted by Crippen LogP contribution is -2.39. The summed E-state index contributed by atoms with van der Waals surface area (Å²) in [5.74, 6) is -0.0842. The second-order valence-electron chi connectivity index (χ2n) is 6.49. The number of amides is 1. The number of para-hydroxylation sites is 1. The van der Waals surface area contributed by atoms with Gasteiger partial charge in [0, 0.05) is 15.6 Å². The maximum Gasteiger partial charge on any atom is 0.264 e. The number of carbonyl (C=O) groups excluding carboxylic acids is 1. The van der Waals surface area contributed by atoms with E-state index >= 15 is 0 Å². The van der Waals surface area contributed by atoms with Crippen LogP contribution in [0.5, 0.6) is 5.75 Å². The number of nitrogens with one attached hydrogen (secondary N) is 1. The molecule has 0 bridgehead atoms. The van der Waals surface area contributed by atoms with Gasteiger partial charge in [0.15, 0.2) is 0 Å². The molecule has 10 heteroatoms. The molecule has 0 radical (unpaired) electrons. The maximum absolute atomic E-state index is 13.3. The number of hydrogen-bond acceptors (Lipinski definition) is 5. The van der Waals surface area contributed by atoms with Crippen molar-refractivity contribution in [2.45, 2.75) is 4.90 Å². The molecule has 0 heterocycles. The molecule has 0 aliphatic carbocycles. The van der Waals surface area contributed by atoms with E-state index in [2.05, 4.69) is 10.5 Å². The lowest BCUT2D eigenvalue weighted by molar-refractivity contribution is -0.119. The van der Waals surface area contributed by atoms with Gasteiger partial charge < -0.3 is 4.74 Å². The molecule has 3 aromatic rings. The lowest BCUT2D eigenvalue weighted by Gasteiger charge is -2.24. The Hall–Kier alpha value is -3.07. The molecule has 0 saturated heterocycles. The Morgan fingerprint density at radius 3 is 2.31 bits per heavy atom. The van der Waals surface area contributed by atoms with Gasteiger partial charge in [-0.05, 0) is 42.5 Å². The number of nitrogens with zero attached hydrogens (tertiary/aromatic N) is 2. The second kappa shape index (κ2) is 10.5. The van der Waals surface area contributed by atoms with Crippen LogP contribution in [0, 0.1) is 0 Å². The molecule has 0 atom stereocenters. The van der Waals surface area contributed by atoms with Crippen molar-refractivity contribution in [3.05, 3.63) is 88.4 Å². The molecule has 3 rings (SSSR count). The fourth-order valence-corrected chi connectivity index (χ4v) is 4.77. The number of carbonyl (C=O) groups is 1. The van der Waals surface area contributed by atoms with Gasteiger partial charge in [-0.3, -0.25) is 9.10 Å². The standard InChI is InChI=1S/C22H19Cl2N3O4S/c1-31-21-10-6-5-7-16(21)14-25-26-22(28)15-27(19-12-17(23)11-18(24)13-19)32(29,30)20-8-3-2-4-9-20/h2-14H,15H2,1H3,(H,26,28)/b25-14-. The molecule has 7 nitrogen and oxygen atoms in total. The molecule has 0 saturated carbocycles. The van der Waals surface area contributed by atoms with Gasteiger partial charge in [0.05, 0.1) is 23.9 Å². The van der Waals surface area contributed by atoms with Crippen molar-refractivity contribution in [1.29, 1.82) is 0 Å². The molecule has 0 aliphatic rings. The van der Waals surface area contributed by atoms with Crippen LogP contribution in [0.3, 0.4) is 0 Å². The number of hydrogen-bond donors (Lipinski definition) is 1. The van der Waals surface area contributed by atoms with E-state index in [9.17, 15) is 13.2 Å². The highest BCUT2D eigenvalue weighted by atomic mass is 35.5. The summed E-state index contributed by atoms with van der Waals surface area (Å²) in [6.45, 7) is -0.544. The van der Waals surface area contributed by atoms with Crippen molar-refractivity contribution < 1.29 is 17.9 Å². The Bertz CT molecular complexity index is 1210. The van der Waals surface area contributed by atoms with Gasteiger partial charge in [-0.15, -0.1) is 0 Å². The van der Waals surface area contributed by atoms with Gasteiger partial charge in [0.2, 0.25) is 0 Å². The first-order chi connectivity index (χ1) is 15.3. The fourth-order valence-electron chi connectivity index (χ4n) is 2.83. The van der Waals surface area contributed by atoms with Crippen LogP contribution in [0.4, 0.5) is 5.69 Å². The van der Waals surface area contributed by atoms with Crippen LogP contribution in [0.15, 0.2) is 82.8 Å². The number of sulfonamides is 1. The van der Waals surface area contributed by atoms with Crippen molar-refractivity contribution in [1.82, 2.24) is 5.43 Å². The summed E-state index contributed by atoms with van der Waals surface area (Å²) in [6, 6.07) is 19.2. The minimum Gasteiger partial charge on any atom is -0.496 e. The van der Waals surface area contributed by atoms with E-state index in [4.69, 9.17) is 27.9 Å². The highest BCUT2D eigenvalue weighted by molar-refractivity contribution is 7.92. The van der Waals surface area contributed by atoms with Crippen molar-refractivity contribution in [3.63, 3.8) is 0 Å². The Morgan fingerprint density at radius 2 is 1.66 bits per heavy atom. The highest BCUT2D eigenvalue weighted by Crippen LogP contribution is 2.29. The van der Waals surface area contributed by atoms with Crippen LogP contribution in [-0.2, 0) is 14.8 Å². The van der Waals surface area contributed by atoms with Crippen molar-refractivity contribution >= 4 is 51.0 Å². The van der Waals surface area contributed by atoms with Crippen molar-refractivity contribution in [2.24, 2.45) is 5.10 Å². The van der Waals surface area contributed by atoms with E-state index in [-0.39, 0.29) is 20.6 Å². The Balaban J connectivity index is 1.87. The summed E-state index contributed by atoms with van der Waals surface area (Å²) in [5.41, 5.74) is 3.13. The zero-order chi connectivity index (χ0) is 23.1. The predicted molar refractivity (Wildman–Crippen MR) is 126 cm³/mol. The number of anilines is 1. The minimum absolute atomic E-state index is 0.0152. The second-order valence-corrected chi connectivity index (χ2v) is 9.22. The highest BCUT2D eigenvalue weighted by Gasteiger charge is 2.27. The molecule has 0 fully saturated rings. The topological polar surface area (TPSA) is 88.1 Å². The summed E-state index contributed by atoms with van der Waals surface area (Å²) in [7, 11) is -2.57. The average molecular weight is 492 g/mol. The summed E-state index contributed by atoms with van der Waals surface area (Å²) in [5, 5.41) is 4.37. The smallest absolute Gasteiger partial charge is 0.264 e. The summed E-state index contributed by atoms with van der Waals surface area (Å²) in [4.78, 5) is 12.6. The first kappa shape index (κ1) is 23.6. The third-order valence-corrected chi connectivity index (χ3v) is 6.51. The lowest BCUT2D eigenvalue weighted by atomic mass is 10.2. The van der Waals surface area contributed by atoms with E-state index in [0.717, 1.165) is 4.31 Å².